The minimum atomic E-state index is -0.0444. The number of carbonyl (C=O) groups is 1. The number of nitrogens with zero attached hydrogens (tertiary/aromatic N) is 2. The summed E-state index contributed by atoms with van der Waals surface area (Å²) in [5, 5.41) is 1.32. The molecule has 1 fully saturated rings. The summed E-state index contributed by atoms with van der Waals surface area (Å²) in [5.74, 6) is 0.595. The van der Waals surface area contributed by atoms with Gasteiger partial charge in [-0.15, -0.1) is 12.4 Å². The quantitative estimate of drug-likeness (QED) is 0.476. The predicted octanol–water partition coefficient (Wildman–Crippen LogP) is 3.37. The number of ether oxygens (including phenoxy) is 2. The van der Waals surface area contributed by atoms with Crippen LogP contribution < -0.4 is 10.3 Å². The van der Waals surface area contributed by atoms with Crippen molar-refractivity contribution < 1.29 is 14.3 Å². The highest BCUT2D eigenvalue weighted by Crippen LogP contribution is 2.40. The number of morpholine rings is 1. The third kappa shape index (κ3) is 3.65. The van der Waals surface area contributed by atoms with E-state index in [9.17, 15) is 9.59 Å². The minimum Gasteiger partial charge on any atom is -0.497 e. The number of methoxy groups -OCH3 is 1. The smallest absolute Gasteiger partial charge is 0.258 e. The van der Waals surface area contributed by atoms with Crippen molar-refractivity contribution in [2.24, 2.45) is 0 Å². The fourth-order valence-corrected chi connectivity index (χ4v) is 4.58. The number of benzene rings is 2. The van der Waals surface area contributed by atoms with E-state index in [1.807, 2.05) is 36.4 Å². The Morgan fingerprint density at radius 1 is 0.968 bits per heavy atom. The van der Waals surface area contributed by atoms with Crippen LogP contribution in [0.3, 0.4) is 0 Å². The molecule has 0 amide bonds. The first-order valence-electron chi connectivity index (χ1n) is 10.4. The first-order valence-corrected chi connectivity index (χ1v) is 10.4. The molecule has 31 heavy (non-hydrogen) atoms. The molecule has 0 N–H and O–H groups in total. The van der Waals surface area contributed by atoms with E-state index in [-0.39, 0.29) is 23.7 Å². The van der Waals surface area contributed by atoms with Crippen molar-refractivity contribution in [3.05, 3.63) is 63.9 Å². The van der Waals surface area contributed by atoms with Crippen LogP contribution in [0.2, 0.25) is 0 Å². The number of pyridine rings is 1. The number of hydrogen-bond donors (Lipinski definition) is 0. The second-order valence-corrected chi connectivity index (χ2v) is 7.77. The summed E-state index contributed by atoms with van der Waals surface area (Å²) >= 11 is 0. The van der Waals surface area contributed by atoms with Gasteiger partial charge in [0.25, 0.3) is 5.56 Å². The summed E-state index contributed by atoms with van der Waals surface area (Å²) in [6.45, 7) is 4.84. The summed E-state index contributed by atoms with van der Waals surface area (Å²) in [6.07, 6.45) is 0.838. The fraction of sp³-hybridized carbons (Fsp3) is 0.333. The fourth-order valence-electron chi connectivity index (χ4n) is 4.58. The number of carbonyl (C=O) groups excluding carboxylic acids is 1. The van der Waals surface area contributed by atoms with Crippen LogP contribution in [0.5, 0.6) is 5.75 Å². The first kappa shape index (κ1) is 21.6. The van der Waals surface area contributed by atoms with Gasteiger partial charge in [-0.25, -0.2) is 0 Å². The molecular weight excluding hydrogens is 416 g/mol. The van der Waals surface area contributed by atoms with E-state index in [0.29, 0.717) is 28.8 Å². The molecule has 3 aromatic rings. The Morgan fingerprint density at radius 2 is 1.71 bits per heavy atom. The van der Waals surface area contributed by atoms with Crippen molar-refractivity contribution in [1.29, 1.82) is 0 Å². The van der Waals surface area contributed by atoms with Crippen molar-refractivity contribution in [3.63, 3.8) is 0 Å². The second-order valence-electron chi connectivity index (χ2n) is 7.77. The van der Waals surface area contributed by atoms with Crippen LogP contribution in [0.1, 0.15) is 22.3 Å². The van der Waals surface area contributed by atoms with Crippen LogP contribution in [-0.4, -0.2) is 55.2 Å². The Bertz CT molecular complexity index is 1200. The van der Waals surface area contributed by atoms with Crippen LogP contribution in [0.15, 0.2) is 47.3 Å². The molecule has 5 rings (SSSR count). The van der Waals surface area contributed by atoms with Crippen molar-refractivity contribution in [2.75, 3.05) is 40.0 Å². The average molecular weight is 441 g/mol. The summed E-state index contributed by atoms with van der Waals surface area (Å²) in [5.41, 5.74) is 2.73. The average Bonchev–Trinajstić information content (AvgIpc) is 3.08. The number of halogens is 1. The molecule has 0 saturated carbocycles. The SMILES string of the molecule is COc1ccc2c(c1)C(=O)c1c-2n(CCCN2CCOCC2)c(=O)c2ccccc12.Cl. The van der Waals surface area contributed by atoms with Crippen molar-refractivity contribution in [2.45, 2.75) is 13.0 Å². The van der Waals surface area contributed by atoms with Crippen LogP contribution >= 0.6 is 12.4 Å². The number of hydrogen-bond acceptors (Lipinski definition) is 5. The molecule has 0 atom stereocenters. The molecule has 0 bridgehead atoms. The third-order valence-corrected chi connectivity index (χ3v) is 6.09. The second kappa shape index (κ2) is 8.83. The van der Waals surface area contributed by atoms with E-state index in [0.717, 1.165) is 55.9 Å². The topological polar surface area (TPSA) is 60.8 Å². The zero-order chi connectivity index (χ0) is 20.7. The van der Waals surface area contributed by atoms with E-state index in [1.165, 1.54) is 0 Å². The van der Waals surface area contributed by atoms with E-state index < -0.39 is 0 Å². The Morgan fingerprint density at radius 3 is 2.45 bits per heavy atom. The lowest BCUT2D eigenvalue weighted by Crippen LogP contribution is -2.37. The molecule has 1 aliphatic heterocycles. The molecule has 1 aromatic heterocycles. The van der Waals surface area contributed by atoms with Gasteiger partial charge < -0.3 is 14.0 Å². The maximum atomic E-state index is 13.4. The molecule has 6 nitrogen and oxygen atoms in total. The Labute approximate surface area is 186 Å². The number of rotatable bonds is 5. The molecule has 0 radical (unpaired) electrons. The van der Waals surface area contributed by atoms with Gasteiger partial charge in [0.05, 0.1) is 31.6 Å². The number of ketones is 1. The van der Waals surface area contributed by atoms with Gasteiger partial charge in [0.15, 0.2) is 5.78 Å². The van der Waals surface area contributed by atoms with E-state index >= 15 is 0 Å². The van der Waals surface area contributed by atoms with Gasteiger partial charge >= 0.3 is 0 Å². The molecular formula is C24H25ClN2O4. The van der Waals surface area contributed by atoms with Crippen molar-refractivity contribution in [1.82, 2.24) is 9.47 Å². The normalized spacial score (nSPS) is 15.5. The zero-order valence-electron chi connectivity index (χ0n) is 17.4. The highest BCUT2D eigenvalue weighted by atomic mass is 35.5. The van der Waals surface area contributed by atoms with Gasteiger partial charge in [-0.2, -0.15) is 0 Å². The summed E-state index contributed by atoms with van der Waals surface area (Å²) in [7, 11) is 1.59. The molecule has 1 saturated heterocycles. The minimum absolute atomic E-state index is 0. The van der Waals surface area contributed by atoms with Crippen LogP contribution in [0.4, 0.5) is 0 Å². The molecule has 162 valence electrons. The zero-order valence-corrected chi connectivity index (χ0v) is 18.2. The maximum Gasteiger partial charge on any atom is 0.258 e. The number of fused-ring (bicyclic) bond motifs is 5. The number of aromatic nitrogens is 1. The highest BCUT2D eigenvalue weighted by molar-refractivity contribution is 6.26. The van der Waals surface area contributed by atoms with Gasteiger partial charge in [-0.1, -0.05) is 18.2 Å². The van der Waals surface area contributed by atoms with E-state index in [4.69, 9.17) is 9.47 Å². The Kier molecular flexibility index (Phi) is 6.14. The van der Waals surface area contributed by atoms with Crippen LogP contribution in [0.25, 0.3) is 22.0 Å². The predicted molar refractivity (Wildman–Crippen MR) is 123 cm³/mol. The lowest BCUT2D eigenvalue weighted by Gasteiger charge is -2.26. The monoisotopic (exact) mass is 440 g/mol. The lowest BCUT2D eigenvalue weighted by molar-refractivity contribution is 0.0369. The van der Waals surface area contributed by atoms with E-state index in [2.05, 4.69) is 4.90 Å². The van der Waals surface area contributed by atoms with Gasteiger partial charge in [0, 0.05) is 48.1 Å². The van der Waals surface area contributed by atoms with Crippen LogP contribution in [-0.2, 0) is 11.3 Å². The van der Waals surface area contributed by atoms with Crippen LogP contribution in [0, 0.1) is 0 Å². The molecule has 2 aliphatic rings. The molecule has 7 heteroatoms. The van der Waals surface area contributed by atoms with Crippen molar-refractivity contribution in [3.8, 4) is 17.0 Å². The standard InChI is InChI=1S/C24H24N2O4.ClH/c1-29-16-7-8-18-20(15-16)23(27)21-17-5-2-3-6-19(17)24(28)26(22(18)21)10-4-9-25-11-13-30-14-12-25;/h2-3,5-8,15H,4,9-14H2,1H3;1H. The summed E-state index contributed by atoms with van der Waals surface area (Å²) < 4.78 is 12.5. The highest BCUT2D eigenvalue weighted by Gasteiger charge is 2.32. The molecule has 1 aliphatic carbocycles. The lowest BCUT2D eigenvalue weighted by atomic mass is 10.0. The Hall–Kier alpha value is -2.67. The van der Waals surface area contributed by atoms with Crippen molar-refractivity contribution >= 4 is 29.0 Å². The molecule has 2 heterocycles. The first-order chi connectivity index (χ1) is 14.7. The van der Waals surface area contributed by atoms with Gasteiger partial charge in [0.1, 0.15) is 5.75 Å². The molecule has 2 aromatic carbocycles. The third-order valence-electron chi connectivity index (χ3n) is 6.09. The summed E-state index contributed by atoms with van der Waals surface area (Å²) in [6, 6.07) is 12.9. The van der Waals surface area contributed by atoms with E-state index in [1.54, 1.807) is 17.7 Å². The maximum absolute atomic E-state index is 13.4. The van der Waals surface area contributed by atoms with Gasteiger partial charge in [-0.3, -0.25) is 14.5 Å². The largest absolute Gasteiger partial charge is 0.497 e. The molecule has 0 spiro atoms. The summed E-state index contributed by atoms with van der Waals surface area (Å²) in [4.78, 5) is 29.1. The van der Waals surface area contributed by atoms with Gasteiger partial charge in [0.2, 0.25) is 0 Å². The molecule has 0 unspecified atom stereocenters. The Balaban J connectivity index is 0.00000231. The van der Waals surface area contributed by atoms with Gasteiger partial charge in [-0.05, 0) is 30.7 Å².